The van der Waals surface area contributed by atoms with E-state index in [1.54, 1.807) is 4.68 Å². The lowest BCUT2D eigenvalue weighted by Crippen LogP contribution is -2.30. The van der Waals surface area contributed by atoms with Gasteiger partial charge in [0.1, 0.15) is 13.2 Å². The molecule has 5 rings (SSSR count). The molecule has 160 valence electrons. The van der Waals surface area contributed by atoms with Crippen LogP contribution in [0.2, 0.25) is 5.02 Å². The summed E-state index contributed by atoms with van der Waals surface area (Å²) in [6.45, 7) is 5.68. The highest BCUT2D eigenvalue weighted by Gasteiger charge is 2.31. The van der Waals surface area contributed by atoms with Crippen molar-refractivity contribution in [3.63, 3.8) is 0 Å². The van der Waals surface area contributed by atoms with Crippen LogP contribution in [0.3, 0.4) is 0 Å². The van der Waals surface area contributed by atoms with Gasteiger partial charge in [-0.25, -0.2) is 4.68 Å². The van der Waals surface area contributed by atoms with E-state index in [-0.39, 0.29) is 11.9 Å². The van der Waals surface area contributed by atoms with Crippen LogP contribution in [0.1, 0.15) is 46.2 Å². The zero-order chi connectivity index (χ0) is 21.5. The van der Waals surface area contributed by atoms with Crippen molar-refractivity contribution in [3.05, 3.63) is 70.0 Å². The quantitative estimate of drug-likeness (QED) is 0.585. The summed E-state index contributed by atoms with van der Waals surface area (Å²) in [5, 5.41) is 5.15. The number of aromatic nitrogens is 2. The molecule has 0 N–H and O–H groups in total. The van der Waals surface area contributed by atoms with Crippen LogP contribution in [0.4, 0.5) is 0 Å². The topological polar surface area (TPSA) is 56.6 Å². The molecular formula is C24H24ClN3O3. The minimum Gasteiger partial charge on any atom is -0.486 e. The van der Waals surface area contributed by atoms with Gasteiger partial charge in [0.05, 0.1) is 28.1 Å². The minimum absolute atomic E-state index is 0.0374. The van der Waals surface area contributed by atoms with E-state index >= 15 is 0 Å². The van der Waals surface area contributed by atoms with Crippen molar-refractivity contribution < 1.29 is 14.3 Å². The summed E-state index contributed by atoms with van der Waals surface area (Å²) in [6, 6.07) is 13.6. The third-order valence-corrected chi connectivity index (χ3v) is 6.57. The van der Waals surface area contributed by atoms with Crippen molar-refractivity contribution in [2.24, 2.45) is 0 Å². The first-order valence-corrected chi connectivity index (χ1v) is 10.9. The zero-order valence-corrected chi connectivity index (χ0v) is 18.4. The van der Waals surface area contributed by atoms with E-state index < -0.39 is 0 Å². The molecule has 1 aromatic heterocycles. The number of aryl methyl sites for hydroxylation is 1. The molecule has 0 spiro atoms. The van der Waals surface area contributed by atoms with Gasteiger partial charge in [0.25, 0.3) is 5.91 Å². The van der Waals surface area contributed by atoms with E-state index in [1.165, 1.54) is 0 Å². The van der Waals surface area contributed by atoms with Crippen molar-refractivity contribution in [3.8, 4) is 17.2 Å². The Balaban J connectivity index is 1.38. The Morgan fingerprint density at radius 1 is 1.06 bits per heavy atom. The Morgan fingerprint density at radius 3 is 2.52 bits per heavy atom. The van der Waals surface area contributed by atoms with Crippen molar-refractivity contribution in [2.75, 3.05) is 19.8 Å². The highest BCUT2D eigenvalue weighted by molar-refractivity contribution is 6.31. The summed E-state index contributed by atoms with van der Waals surface area (Å²) in [6.07, 6.45) is 1.92. The zero-order valence-electron chi connectivity index (χ0n) is 17.6. The van der Waals surface area contributed by atoms with E-state index in [4.69, 9.17) is 21.1 Å². The number of hydrogen-bond acceptors (Lipinski definition) is 4. The van der Waals surface area contributed by atoms with Gasteiger partial charge in [0.15, 0.2) is 11.5 Å². The third kappa shape index (κ3) is 3.55. The second-order valence-corrected chi connectivity index (χ2v) is 8.38. The van der Waals surface area contributed by atoms with E-state index in [2.05, 4.69) is 5.10 Å². The summed E-state index contributed by atoms with van der Waals surface area (Å²) in [5.41, 5.74) is 4.31. The second kappa shape index (κ2) is 7.93. The molecule has 1 fully saturated rings. The largest absolute Gasteiger partial charge is 0.486 e. The van der Waals surface area contributed by atoms with Crippen LogP contribution >= 0.6 is 11.6 Å². The van der Waals surface area contributed by atoms with E-state index in [9.17, 15) is 4.79 Å². The summed E-state index contributed by atoms with van der Waals surface area (Å²) >= 11 is 6.27. The minimum atomic E-state index is 0.0374. The first-order valence-electron chi connectivity index (χ1n) is 10.6. The van der Waals surface area contributed by atoms with Crippen LogP contribution in [0.15, 0.2) is 42.5 Å². The van der Waals surface area contributed by atoms with Gasteiger partial charge in [-0.3, -0.25) is 4.79 Å². The molecule has 0 saturated carbocycles. The van der Waals surface area contributed by atoms with Crippen LogP contribution in [-0.2, 0) is 0 Å². The standard InChI is InChI=1S/C24H24ClN3O3/c1-15-23(25)16(2)28(26-15)19-8-5-17(6-9-19)24(29)27-11-3-4-20(27)18-7-10-21-22(14-18)31-13-12-30-21/h5-10,14,20H,3-4,11-13H2,1-2H3. The molecule has 2 aliphatic heterocycles. The molecule has 1 saturated heterocycles. The van der Waals surface area contributed by atoms with Crippen molar-refractivity contribution in [2.45, 2.75) is 32.7 Å². The van der Waals surface area contributed by atoms with E-state index in [0.29, 0.717) is 23.8 Å². The van der Waals surface area contributed by atoms with Gasteiger partial charge in [-0.15, -0.1) is 0 Å². The summed E-state index contributed by atoms with van der Waals surface area (Å²) in [5.74, 6) is 1.57. The number of carbonyl (C=O) groups excluding carboxylic acids is 1. The Labute approximate surface area is 186 Å². The molecule has 7 heteroatoms. The summed E-state index contributed by atoms with van der Waals surface area (Å²) < 4.78 is 13.2. The number of ether oxygens (including phenoxy) is 2. The van der Waals surface area contributed by atoms with Gasteiger partial charge >= 0.3 is 0 Å². The molecular weight excluding hydrogens is 414 g/mol. The van der Waals surface area contributed by atoms with Gasteiger partial charge in [0.2, 0.25) is 0 Å². The number of halogens is 1. The van der Waals surface area contributed by atoms with Crippen molar-refractivity contribution in [1.29, 1.82) is 0 Å². The highest BCUT2D eigenvalue weighted by Crippen LogP contribution is 2.38. The Kier molecular flexibility index (Phi) is 5.10. The number of rotatable bonds is 3. The SMILES string of the molecule is Cc1nn(-c2ccc(C(=O)N3CCCC3c3ccc4c(c3)OCCO4)cc2)c(C)c1Cl. The monoisotopic (exact) mass is 437 g/mol. The fourth-order valence-electron chi connectivity index (χ4n) is 4.41. The molecule has 31 heavy (non-hydrogen) atoms. The van der Waals surface area contributed by atoms with Crippen LogP contribution in [0.5, 0.6) is 11.5 Å². The summed E-state index contributed by atoms with van der Waals surface area (Å²) in [7, 11) is 0. The lowest BCUT2D eigenvalue weighted by molar-refractivity contribution is 0.0735. The maximum Gasteiger partial charge on any atom is 0.254 e. The van der Waals surface area contributed by atoms with Crippen LogP contribution in [0, 0.1) is 13.8 Å². The molecule has 1 atom stereocenters. The van der Waals surface area contributed by atoms with E-state index in [0.717, 1.165) is 53.5 Å². The lowest BCUT2D eigenvalue weighted by atomic mass is 10.0. The number of carbonyl (C=O) groups is 1. The number of benzene rings is 2. The molecule has 0 radical (unpaired) electrons. The predicted octanol–water partition coefficient (Wildman–Crippen LogP) is 4.89. The predicted molar refractivity (Wildman–Crippen MR) is 118 cm³/mol. The number of amides is 1. The fraction of sp³-hybridized carbons (Fsp3) is 0.333. The van der Waals surface area contributed by atoms with Gasteiger partial charge in [-0.1, -0.05) is 17.7 Å². The molecule has 0 aliphatic carbocycles. The molecule has 3 aromatic rings. The molecule has 0 bridgehead atoms. The van der Waals surface area contributed by atoms with Crippen molar-refractivity contribution >= 4 is 17.5 Å². The Hall–Kier alpha value is -2.99. The van der Waals surface area contributed by atoms with Gasteiger partial charge in [-0.2, -0.15) is 5.10 Å². The van der Waals surface area contributed by atoms with Crippen LogP contribution in [-0.4, -0.2) is 40.3 Å². The van der Waals surface area contributed by atoms with Crippen LogP contribution in [0.25, 0.3) is 5.69 Å². The maximum absolute atomic E-state index is 13.3. The van der Waals surface area contributed by atoms with Gasteiger partial charge in [0, 0.05) is 12.1 Å². The fourth-order valence-corrected chi connectivity index (χ4v) is 4.53. The average Bonchev–Trinajstić information content (AvgIpc) is 3.39. The number of likely N-dealkylation sites (tertiary alicyclic amines) is 1. The molecule has 2 aliphatic rings. The average molecular weight is 438 g/mol. The van der Waals surface area contributed by atoms with Crippen LogP contribution < -0.4 is 9.47 Å². The van der Waals surface area contributed by atoms with E-state index in [1.807, 2.05) is 61.2 Å². The lowest BCUT2D eigenvalue weighted by Gasteiger charge is -2.27. The Morgan fingerprint density at radius 2 is 1.81 bits per heavy atom. The normalized spacial score (nSPS) is 17.8. The smallest absolute Gasteiger partial charge is 0.254 e. The third-order valence-electron chi connectivity index (χ3n) is 6.03. The maximum atomic E-state index is 13.3. The number of nitrogens with zero attached hydrogens (tertiary/aromatic N) is 3. The molecule has 6 nitrogen and oxygen atoms in total. The van der Waals surface area contributed by atoms with Gasteiger partial charge in [-0.05, 0) is 68.7 Å². The second-order valence-electron chi connectivity index (χ2n) is 8.00. The number of hydrogen-bond donors (Lipinski definition) is 0. The highest BCUT2D eigenvalue weighted by atomic mass is 35.5. The number of fused-ring (bicyclic) bond motifs is 1. The van der Waals surface area contributed by atoms with Gasteiger partial charge < -0.3 is 14.4 Å². The first kappa shape index (κ1) is 19.9. The molecule has 1 unspecified atom stereocenters. The Bertz CT molecular complexity index is 1140. The first-order chi connectivity index (χ1) is 15.0. The molecule has 3 heterocycles. The molecule has 2 aromatic carbocycles. The van der Waals surface area contributed by atoms with Crippen molar-refractivity contribution in [1.82, 2.24) is 14.7 Å². The molecule has 1 amide bonds. The summed E-state index contributed by atoms with van der Waals surface area (Å²) in [4.78, 5) is 15.3.